The summed E-state index contributed by atoms with van der Waals surface area (Å²) in [6, 6.07) is 6.62. The molecule has 0 aliphatic carbocycles. The smallest absolute Gasteiger partial charge is 0 e. The maximum absolute atomic E-state index is 11.9. The zero-order chi connectivity index (χ0) is 21.4. The SMILES string of the molecule is COC(=O)[C@H]1C[C@@H](c2ccccc2OC)N[C@H]1C(=O)OC.[C-]#[O+].[C-]#[O+].[C-]#[O+].[Cr]. The van der Waals surface area contributed by atoms with Crippen molar-refractivity contribution >= 4 is 11.9 Å². The van der Waals surface area contributed by atoms with E-state index in [1.54, 1.807) is 7.11 Å². The number of carbonyl (C=O) groups is 2. The van der Waals surface area contributed by atoms with Crippen molar-refractivity contribution in [3.05, 3.63) is 49.8 Å². The van der Waals surface area contributed by atoms with Gasteiger partial charge in [0.05, 0.1) is 27.2 Å². The Morgan fingerprint density at radius 1 is 0.964 bits per heavy atom. The van der Waals surface area contributed by atoms with E-state index in [4.69, 9.17) is 28.2 Å². The third-order valence-corrected chi connectivity index (χ3v) is 3.75. The number of ether oxygens (including phenoxy) is 3. The van der Waals surface area contributed by atoms with E-state index in [2.05, 4.69) is 25.3 Å². The monoisotopic (exact) mass is 429 g/mol. The summed E-state index contributed by atoms with van der Waals surface area (Å²) in [5, 5.41) is 3.14. The van der Waals surface area contributed by atoms with Crippen molar-refractivity contribution in [3.8, 4) is 5.75 Å². The molecule has 0 bridgehead atoms. The first-order valence-electron chi connectivity index (χ1n) is 7.28. The number of methoxy groups -OCH3 is 3. The molecule has 0 aromatic heterocycles. The fourth-order valence-corrected chi connectivity index (χ4v) is 2.70. The first kappa shape index (κ1) is 30.4. The summed E-state index contributed by atoms with van der Waals surface area (Å²) in [6.45, 7) is 13.5. The Labute approximate surface area is 174 Å². The first-order chi connectivity index (χ1) is 13.1. The molecule has 0 saturated carbocycles. The van der Waals surface area contributed by atoms with Crippen LogP contribution in [-0.2, 0) is 50.4 Å². The third-order valence-electron chi connectivity index (χ3n) is 3.75. The van der Waals surface area contributed by atoms with Crippen LogP contribution in [0.2, 0.25) is 0 Å². The number of hydrogen-bond donors (Lipinski definition) is 1. The van der Waals surface area contributed by atoms with Crippen molar-refractivity contribution in [1.29, 1.82) is 0 Å². The summed E-state index contributed by atoms with van der Waals surface area (Å²) in [7, 11) is 4.20. The molecule has 28 heavy (non-hydrogen) atoms. The van der Waals surface area contributed by atoms with E-state index in [9.17, 15) is 9.59 Å². The van der Waals surface area contributed by atoms with Gasteiger partial charge in [-0.1, -0.05) is 18.2 Å². The van der Waals surface area contributed by atoms with Gasteiger partial charge in [0.15, 0.2) is 0 Å². The van der Waals surface area contributed by atoms with Gasteiger partial charge in [-0.15, -0.1) is 0 Å². The maximum Gasteiger partial charge on any atom is 0 e. The van der Waals surface area contributed by atoms with Crippen molar-refractivity contribution in [2.45, 2.75) is 18.5 Å². The second-order valence-corrected chi connectivity index (χ2v) is 4.83. The number of nitrogens with one attached hydrogen (secondary N) is 1. The van der Waals surface area contributed by atoms with Gasteiger partial charge in [0.2, 0.25) is 0 Å². The summed E-state index contributed by atoms with van der Waals surface area (Å²) in [6.07, 6.45) is 0.451. The molecule has 1 N–H and O–H groups in total. The summed E-state index contributed by atoms with van der Waals surface area (Å²) >= 11 is 0. The zero-order valence-electron chi connectivity index (χ0n) is 15.4. The van der Waals surface area contributed by atoms with Gasteiger partial charge < -0.3 is 14.2 Å². The standard InChI is InChI=1S/C15H19NO5.3CO.Cr/c1-19-12-7-5-4-6-9(12)11-8-10(14(17)20-2)13(16-11)15(18)21-3;3*1-2;/h4-7,10-11,13,16H,8H2,1-3H3;;;;/t10-,11-,13+;;;;/m0..../s1. The van der Waals surface area contributed by atoms with Gasteiger partial charge in [0, 0.05) is 29.0 Å². The number of para-hydroxylation sites is 1. The number of hydrogen-bond acceptors (Lipinski definition) is 6. The number of carbonyl (C=O) groups excluding carboxylic acids is 2. The Morgan fingerprint density at radius 2 is 1.46 bits per heavy atom. The van der Waals surface area contributed by atoms with Crippen LogP contribution in [-0.4, -0.2) is 39.3 Å². The number of esters is 2. The largest absolute Gasteiger partial charge is 0 e. The van der Waals surface area contributed by atoms with Gasteiger partial charge in [-0.05, 0) is 12.5 Å². The van der Waals surface area contributed by atoms with Gasteiger partial charge >= 0.3 is 45.8 Å². The minimum absolute atomic E-state index is 0. The molecule has 1 saturated heterocycles. The number of benzene rings is 1. The van der Waals surface area contributed by atoms with E-state index < -0.39 is 23.9 Å². The minimum Gasteiger partial charge on any atom is 0 e. The predicted molar refractivity (Wildman–Crippen MR) is 86.6 cm³/mol. The molecule has 0 radical (unpaired) electrons. The molecule has 2 rings (SSSR count). The maximum atomic E-state index is 11.9. The van der Waals surface area contributed by atoms with Crippen molar-refractivity contribution < 1.29 is 55.1 Å². The summed E-state index contributed by atoms with van der Waals surface area (Å²) in [4.78, 5) is 23.7. The molecule has 3 atom stereocenters. The third kappa shape index (κ3) is 8.14. The van der Waals surface area contributed by atoms with E-state index in [1.165, 1.54) is 14.2 Å². The topological polar surface area (TPSA) is 134 Å². The Hall–Kier alpha value is -2.33. The Balaban J connectivity index is -0.000000815. The average molecular weight is 429 g/mol. The first-order valence-corrected chi connectivity index (χ1v) is 7.28. The molecule has 0 unspecified atom stereocenters. The van der Waals surface area contributed by atoms with E-state index in [0.29, 0.717) is 12.2 Å². The molecule has 1 fully saturated rings. The summed E-state index contributed by atoms with van der Waals surface area (Å²) in [5.41, 5.74) is 0.903. The van der Waals surface area contributed by atoms with Crippen molar-refractivity contribution in [2.24, 2.45) is 5.92 Å². The van der Waals surface area contributed by atoms with Crippen molar-refractivity contribution in [2.75, 3.05) is 21.3 Å². The van der Waals surface area contributed by atoms with Crippen molar-refractivity contribution in [3.63, 3.8) is 0 Å². The molecule has 10 heteroatoms. The van der Waals surface area contributed by atoms with E-state index in [1.807, 2.05) is 24.3 Å². The predicted octanol–water partition coefficient (Wildman–Crippen LogP) is 0.945. The second kappa shape index (κ2) is 18.1. The van der Waals surface area contributed by atoms with Crippen LogP contribution in [0.25, 0.3) is 0 Å². The van der Waals surface area contributed by atoms with Gasteiger partial charge in [-0.25, -0.2) is 0 Å². The van der Waals surface area contributed by atoms with Crippen LogP contribution in [0.4, 0.5) is 0 Å². The van der Waals surface area contributed by atoms with E-state index in [-0.39, 0.29) is 23.4 Å². The molecule has 0 spiro atoms. The molecule has 1 aromatic carbocycles. The quantitative estimate of drug-likeness (QED) is 0.430. The normalized spacial score (nSPS) is 18.5. The number of rotatable bonds is 4. The molecule has 150 valence electrons. The molecular formula is C18H19CrNO8. The van der Waals surface area contributed by atoms with Crippen molar-refractivity contribution in [1.82, 2.24) is 5.32 Å². The molecule has 9 nitrogen and oxygen atoms in total. The van der Waals surface area contributed by atoms with Crippen LogP contribution >= 0.6 is 0 Å². The van der Waals surface area contributed by atoms with Gasteiger partial charge in [0.25, 0.3) is 0 Å². The molecule has 1 aliphatic heterocycles. The molecule has 0 amide bonds. The van der Waals surface area contributed by atoms with E-state index >= 15 is 0 Å². The second-order valence-electron chi connectivity index (χ2n) is 4.83. The van der Waals surface area contributed by atoms with Gasteiger partial charge in [0.1, 0.15) is 11.8 Å². The van der Waals surface area contributed by atoms with Crippen LogP contribution in [0.15, 0.2) is 24.3 Å². The minimum atomic E-state index is -0.711. The van der Waals surface area contributed by atoms with Crippen LogP contribution in [0, 0.1) is 25.9 Å². The molecule has 1 heterocycles. The van der Waals surface area contributed by atoms with Gasteiger partial charge in [-0.2, -0.15) is 0 Å². The van der Waals surface area contributed by atoms with Crippen LogP contribution in [0.1, 0.15) is 18.0 Å². The average Bonchev–Trinajstić information content (AvgIpc) is 3.22. The summed E-state index contributed by atoms with van der Waals surface area (Å²) in [5.74, 6) is -0.750. The molecular weight excluding hydrogens is 410 g/mol. The van der Waals surface area contributed by atoms with Gasteiger partial charge in [-0.3, -0.25) is 14.9 Å². The van der Waals surface area contributed by atoms with E-state index in [0.717, 1.165) is 5.56 Å². The zero-order valence-corrected chi connectivity index (χ0v) is 16.7. The molecule has 1 aliphatic rings. The van der Waals surface area contributed by atoms with Crippen LogP contribution in [0.5, 0.6) is 5.75 Å². The fourth-order valence-electron chi connectivity index (χ4n) is 2.70. The Kier molecular flexibility index (Phi) is 19.6. The van der Waals surface area contributed by atoms with Crippen LogP contribution in [0.3, 0.4) is 0 Å². The molecule has 1 aromatic rings. The Bertz CT molecular complexity index is 620. The fraction of sp³-hybridized carbons (Fsp3) is 0.389. The Morgan fingerprint density at radius 3 is 1.93 bits per heavy atom. The van der Waals surface area contributed by atoms with Crippen LogP contribution < -0.4 is 10.1 Å². The summed E-state index contributed by atoms with van der Waals surface area (Å²) < 4.78 is 37.4.